The van der Waals surface area contributed by atoms with Crippen molar-refractivity contribution in [2.24, 2.45) is 0 Å². The van der Waals surface area contributed by atoms with E-state index in [1.165, 1.54) is 4.90 Å². The van der Waals surface area contributed by atoms with E-state index in [0.29, 0.717) is 19.3 Å². The molecule has 3 N–H and O–H groups in total. The molecule has 3 rings (SSSR count). The maximum Gasteiger partial charge on any atom is 0.323 e. The molecule has 0 aliphatic carbocycles. The molecule has 29 heavy (non-hydrogen) atoms. The van der Waals surface area contributed by atoms with Crippen LogP contribution in [-0.4, -0.2) is 51.6 Å². The number of aryl methyl sites for hydroxylation is 1. The smallest absolute Gasteiger partial charge is 0.323 e. The van der Waals surface area contributed by atoms with Crippen molar-refractivity contribution in [3.8, 4) is 0 Å². The summed E-state index contributed by atoms with van der Waals surface area (Å²) < 4.78 is 0. The van der Waals surface area contributed by atoms with Crippen LogP contribution < -0.4 is 5.32 Å². The Morgan fingerprint density at radius 2 is 1.69 bits per heavy atom. The molecule has 1 heterocycles. The lowest BCUT2D eigenvalue weighted by molar-refractivity contribution is -0.146. The Bertz CT molecular complexity index is 884. The van der Waals surface area contributed by atoms with Crippen LogP contribution >= 0.6 is 0 Å². The molecular formula is C22H24N2O5. The van der Waals surface area contributed by atoms with Crippen LogP contribution in [0.5, 0.6) is 0 Å². The summed E-state index contributed by atoms with van der Waals surface area (Å²) in [6, 6.07) is 15.3. The molecule has 7 nitrogen and oxygen atoms in total. The highest BCUT2D eigenvalue weighted by Gasteiger charge is 2.33. The predicted octanol–water partition coefficient (Wildman–Crippen LogP) is 1.70. The van der Waals surface area contributed by atoms with Crippen molar-refractivity contribution in [1.82, 2.24) is 10.2 Å². The summed E-state index contributed by atoms with van der Waals surface area (Å²) in [5, 5.41) is 21.8. The third kappa shape index (κ3) is 5.42. The highest BCUT2D eigenvalue weighted by molar-refractivity contribution is 5.87. The molecule has 7 heteroatoms. The van der Waals surface area contributed by atoms with Gasteiger partial charge in [0.2, 0.25) is 5.91 Å². The van der Waals surface area contributed by atoms with Gasteiger partial charge in [0, 0.05) is 6.54 Å². The number of amides is 1. The van der Waals surface area contributed by atoms with E-state index in [4.69, 9.17) is 0 Å². The second kappa shape index (κ2) is 9.34. The van der Waals surface area contributed by atoms with Gasteiger partial charge in [-0.3, -0.25) is 19.7 Å². The molecule has 1 aliphatic heterocycles. The number of rotatable bonds is 8. The standard InChI is InChI=1S/C22H24N2O5/c25-20(26)14-24-13-17-9-5-4-8-16(17)12-19(21(24)27)23-18(22(28)29)11-10-15-6-2-1-3-7-15/h1-9,18-19,23H,10-14H2,(H,25,26)(H,28,29)/t18-,19-/m0/s1. The number of carboxylic acids is 2. The minimum Gasteiger partial charge on any atom is -0.480 e. The second-order valence-corrected chi connectivity index (χ2v) is 7.20. The zero-order valence-electron chi connectivity index (χ0n) is 16.0. The number of hydrogen-bond acceptors (Lipinski definition) is 4. The van der Waals surface area contributed by atoms with Crippen LogP contribution in [0.4, 0.5) is 0 Å². The number of hydrogen-bond donors (Lipinski definition) is 3. The molecule has 1 aliphatic rings. The molecule has 2 aromatic carbocycles. The quantitative estimate of drug-likeness (QED) is 0.627. The van der Waals surface area contributed by atoms with E-state index in [-0.39, 0.29) is 6.54 Å². The zero-order chi connectivity index (χ0) is 20.8. The lowest BCUT2D eigenvalue weighted by atomic mass is 10.00. The van der Waals surface area contributed by atoms with Crippen molar-refractivity contribution in [3.05, 3.63) is 71.3 Å². The Hall–Kier alpha value is -3.19. The van der Waals surface area contributed by atoms with Gasteiger partial charge in [-0.25, -0.2) is 0 Å². The van der Waals surface area contributed by atoms with Gasteiger partial charge in [-0.2, -0.15) is 0 Å². The summed E-state index contributed by atoms with van der Waals surface area (Å²) in [4.78, 5) is 37.3. The topological polar surface area (TPSA) is 107 Å². The second-order valence-electron chi connectivity index (χ2n) is 7.20. The van der Waals surface area contributed by atoms with E-state index in [1.807, 2.05) is 54.6 Å². The number of aliphatic carboxylic acids is 2. The fourth-order valence-electron chi connectivity index (χ4n) is 3.63. The maximum atomic E-state index is 13.0. The van der Waals surface area contributed by atoms with Crippen LogP contribution in [0.3, 0.4) is 0 Å². The average Bonchev–Trinajstić information content (AvgIpc) is 2.82. The zero-order valence-corrected chi connectivity index (χ0v) is 16.0. The molecule has 152 valence electrons. The monoisotopic (exact) mass is 396 g/mol. The number of nitrogens with one attached hydrogen (secondary N) is 1. The Morgan fingerprint density at radius 1 is 1.03 bits per heavy atom. The molecule has 0 unspecified atom stereocenters. The van der Waals surface area contributed by atoms with Gasteiger partial charge < -0.3 is 15.1 Å². The summed E-state index contributed by atoms with van der Waals surface area (Å²) in [7, 11) is 0. The van der Waals surface area contributed by atoms with Crippen molar-refractivity contribution in [1.29, 1.82) is 0 Å². The van der Waals surface area contributed by atoms with Crippen LogP contribution in [0.15, 0.2) is 54.6 Å². The molecule has 2 atom stereocenters. The van der Waals surface area contributed by atoms with Gasteiger partial charge in [0.15, 0.2) is 0 Å². The van der Waals surface area contributed by atoms with Gasteiger partial charge in [-0.05, 0) is 36.0 Å². The lowest BCUT2D eigenvalue weighted by Gasteiger charge is -2.26. The fourth-order valence-corrected chi connectivity index (χ4v) is 3.63. The van der Waals surface area contributed by atoms with Crippen molar-refractivity contribution < 1.29 is 24.6 Å². The molecule has 0 aromatic heterocycles. The van der Waals surface area contributed by atoms with Crippen LogP contribution in [-0.2, 0) is 33.8 Å². The number of fused-ring (bicyclic) bond motifs is 1. The first kappa shape index (κ1) is 20.5. The molecule has 0 saturated carbocycles. The van der Waals surface area contributed by atoms with E-state index in [2.05, 4.69) is 5.32 Å². The first-order valence-electron chi connectivity index (χ1n) is 9.54. The molecule has 0 fully saturated rings. The molecule has 0 spiro atoms. The van der Waals surface area contributed by atoms with Gasteiger partial charge >= 0.3 is 11.9 Å². The van der Waals surface area contributed by atoms with Gasteiger partial charge in [-0.1, -0.05) is 54.6 Å². The molecule has 0 bridgehead atoms. The van der Waals surface area contributed by atoms with Crippen molar-refractivity contribution in [2.75, 3.05) is 6.54 Å². The van der Waals surface area contributed by atoms with Crippen LogP contribution in [0.1, 0.15) is 23.1 Å². The van der Waals surface area contributed by atoms with E-state index < -0.39 is 36.5 Å². The maximum absolute atomic E-state index is 13.0. The van der Waals surface area contributed by atoms with Gasteiger partial charge in [-0.15, -0.1) is 0 Å². The number of carboxylic acid groups (broad SMARTS) is 2. The first-order valence-corrected chi connectivity index (χ1v) is 9.54. The summed E-state index contributed by atoms with van der Waals surface area (Å²) in [6.07, 6.45) is 1.20. The average molecular weight is 396 g/mol. The SMILES string of the molecule is O=C(O)CN1Cc2ccccc2C[C@H](N[C@@H](CCc2ccccc2)C(=O)O)C1=O. The van der Waals surface area contributed by atoms with Crippen LogP contribution in [0.25, 0.3) is 0 Å². The van der Waals surface area contributed by atoms with E-state index in [1.54, 1.807) is 0 Å². The van der Waals surface area contributed by atoms with E-state index >= 15 is 0 Å². The summed E-state index contributed by atoms with van der Waals surface area (Å²) >= 11 is 0. The number of nitrogens with zero attached hydrogens (tertiary/aromatic N) is 1. The Balaban J connectivity index is 1.78. The third-order valence-electron chi connectivity index (χ3n) is 5.10. The molecular weight excluding hydrogens is 372 g/mol. The summed E-state index contributed by atoms with van der Waals surface area (Å²) in [6.45, 7) is -0.228. The summed E-state index contributed by atoms with van der Waals surface area (Å²) in [5.74, 6) is -2.53. The van der Waals surface area contributed by atoms with E-state index in [9.17, 15) is 24.6 Å². The molecule has 0 saturated heterocycles. The van der Waals surface area contributed by atoms with Crippen molar-refractivity contribution in [3.63, 3.8) is 0 Å². The molecule has 1 amide bonds. The van der Waals surface area contributed by atoms with Crippen LogP contribution in [0, 0.1) is 0 Å². The highest BCUT2D eigenvalue weighted by atomic mass is 16.4. The first-order chi connectivity index (χ1) is 13.9. The van der Waals surface area contributed by atoms with Crippen molar-refractivity contribution in [2.45, 2.75) is 37.9 Å². The van der Waals surface area contributed by atoms with Gasteiger partial charge in [0.05, 0.1) is 6.04 Å². The Labute approximate surface area is 169 Å². The highest BCUT2D eigenvalue weighted by Crippen LogP contribution is 2.20. The number of carbonyl (C=O) groups is 3. The minimum atomic E-state index is -1.10. The van der Waals surface area contributed by atoms with Gasteiger partial charge in [0.1, 0.15) is 12.6 Å². The lowest BCUT2D eigenvalue weighted by Crippen LogP contribution is -2.52. The van der Waals surface area contributed by atoms with Gasteiger partial charge in [0.25, 0.3) is 0 Å². The summed E-state index contributed by atoms with van der Waals surface area (Å²) in [5.41, 5.74) is 2.81. The Morgan fingerprint density at radius 3 is 2.34 bits per heavy atom. The predicted molar refractivity (Wildman–Crippen MR) is 106 cm³/mol. The third-order valence-corrected chi connectivity index (χ3v) is 5.10. The number of carbonyl (C=O) groups excluding carboxylic acids is 1. The molecule has 2 aromatic rings. The Kier molecular flexibility index (Phi) is 6.61. The normalized spacial score (nSPS) is 17.3. The fraction of sp³-hybridized carbons (Fsp3) is 0.318. The van der Waals surface area contributed by atoms with Crippen LogP contribution in [0.2, 0.25) is 0 Å². The largest absolute Gasteiger partial charge is 0.480 e. The number of benzene rings is 2. The van der Waals surface area contributed by atoms with Crippen molar-refractivity contribution >= 4 is 17.8 Å². The van der Waals surface area contributed by atoms with E-state index in [0.717, 1.165) is 16.7 Å². The molecule has 0 radical (unpaired) electrons. The minimum absolute atomic E-state index is 0.196.